The molecule has 1 aliphatic heterocycles. The predicted octanol–water partition coefficient (Wildman–Crippen LogP) is 2.82. The molecule has 1 heterocycles. The molecule has 0 saturated carbocycles. The Balaban J connectivity index is 2.17. The SMILES string of the molecule is FC(F)C1=NN(c2ccc(Br)cc2)CO1. The quantitative estimate of drug-likeness (QED) is 0.830. The molecule has 0 fully saturated rings. The van der Waals surface area contributed by atoms with Crippen LogP contribution in [0.4, 0.5) is 14.5 Å². The average molecular weight is 277 g/mol. The van der Waals surface area contributed by atoms with Gasteiger partial charge in [0.2, 0.25) is 0 Å². The summed E-state index contributed by atoms with van der Waals surface area (Å²) in [4.78, 5) is 0. The lowest BCUT2D eigenvalue weighted by Gasteiger charge is -2.10. The van der Waals surface area contributed by atoms with Crippen LogP contribution in [0.15, 0.2) is 33.8 Å². The first-order chi connectivity index (χ1) is 7.16. The lowest BCUT2D eigenvalue weighted by atomic mass is 10.3. The van der Waals surface area contributed by atoms with Crippen molar-refractivity contribution in [3.63, 3.8) is 0 Å². The van der Waals surface area contributed by atoms with E-state index in [1.54, 1.807) is 12.1 Å². The number of halogens is 3. The Morgan fingerprint density at radius 3 is 2.53 bits per heavy atom. The van der Waals surface area contributed by atoms with Gasteiger partial charge in [-0.1, -0.05) is 15.9 Å². The third kappa shape index (κ3) is 2.26. The summed E-state index contributed by atoms with van der Waals surface area (Å²) in [5.41, 5.74) is 0.717. The molecule has 1 aromatic carbocycles. The van der Waals surface area contributed by atoms with Crippen molar-refractivity contribution in [1.29, 1.82) is 0 Å². The van der Waals surface area contributed by atoms with Gasteiger partial charge in [-0.2, -0.15) is 8.78 Å². The van der Waals surface area contributed by atoms with Crippen molar-refractivity contribution in [2.45, 2.75) is 6.43 Å². The molecule has 0 spiro atoms. The highest BCUT2D eigenvalue weighted by atomic mass is 79.9. The van der Waals surface area contributed by atoms with E-state index < -0.39 is 12.3 Å². The molecule has 0 unspecified atom stereocenters. The molecule has 0 aromatic heterocycles. The van der Waals surface area contributed by atoms with E-state index in [1.807, 2.05) is 12.1 Å². The van der Waals surface area contributed by atoms with Crippen LogP contribution in [0.25, 0.3) is 0 Å². The fourth-order valence-corrected chi connectivity index (χ4v) is 1.42. The van der Waals surface area contributed by atoms with Gasteiger partial charge in [-0.3, -0.25) is 0 Å². The Morgan fingerprint density at radius 1 is 1.33 bits per heavy atom. The van der Waals surface area contributed by atoms with Gasteiger partial charge in [-0.15, -0.1) is 5.10 Å². The highest BCUT2D eigenvalue weighted by molar-refractivity contribution is 9.10. The van der Waals surface area contributed by atoms with Crippen LogP contribution in [0.1, 0.15) is 0 Å². The lowest BCUT2D eigenvalue weighted by molar-refractivity contribution is 0.180. The second-order valence-corrected chi connectivity index (χ2v) is 3.80. The van der Waals surface area contributed by atoms with Gasteiger partial charge >= 0.3 is 6.43 Å². The topological polar surface area (TPSA) is 24.8 Å². The third-order valence-electron chi connectivity index (χ3n) is 1.87. The van der Waals surface area contributed by atoms with Crippen LogP contribution in [-0.2, 0) is 4.74 Å². The molecule has 0 aliphatic carbocycles. The molecule has 1 aromatic rings. The van der Waals surface area contributed by atoms with Crippen molar-refractivity contribution in [3.05, 3.63) is 28.7 Å². The van der Waals surface area contributed by atoms with Crippen molar-refractivity contribution in [1.82, 2.24) is 0 Å². The van der Waals surface area contributed by atoms with Crippen LogP contribution in [-0.4, -0.2) is 19.1 Å². The Bertz CT molecular complexity index is 380. The summed E-state index contributed by atoms with van der Waals surface area (Å²) in [6.07, 6.45) is -2.66. The van der Waals surface area contributed by atoms with Gasteiger partial charge in [0.1, 0.15) is 0 Å². The van der Waals surface area contributed by atoms with E-state index in [2.05, 4.69) is 21.0 Å². The first-order valence-electron chi connectivity index (χ1n) is 4.19. The van der Waals surface area contributed by atoms with Crippen LogP contribution in [0.2, 0.25) is 0 Å². The molecule has 0 atom stereocenters. The average Bonchev–Trinajstić information content (AvgIpc) is 2.68. The van der Waals surface area contributed by atoms with Gasteiger partial charge in [0.05, 0.1) is 5.69 Å². The van der Waals surface area contributed by atoms with E-state index >= 15 is 0 Å². The van der Waals surface area contributed by atoms with Crippen LogP contribution < -0.4 is 5.01 Å². The highest BCUT2D eigenvalue weighted by Crippen LogP contribution is 2.21. The zero-order valence-corrected chi connectivity index (χ0v) is 9.12. The zero-order valence-electron chi connectivity index (χ0n) is 7.53. The van der Waals surface area contributed by atoms with E-state index in [4.69, 9.17) is 4.74 Å². The number of nitrogens with zero attached hydrogens (tertiary/aromatic N) is 2. The van der Waals surface area contributed by atoms with Crippen molar-refractivity contribution < 1.29 is 13.5 Å². The van der Waals surface area contributed by atoms with Crippen molar-refractivity contribution in [2.75, 3.05) is 11.7 Å². The van der Waals surface area contributed by atoms with Crippen LogP contribution in [0, 0.1) is 0 Å². The Labute approximate surface area is 93.5 Å². The van der Waals surface area contributed by atoms with Gasteiger partial charge < -0.3 is 4.74 Å². The molecule has 80 valence electrons. The third-order valence-corrected chi connectivity index (χ3v) is 2.39. The molecule has 0 radical (unpaired) electrons. The minimum absolute atomic E-state index is 0.0291. The van der Waals surface area contributed by atoms with Gasteiger partial charge in [0.15, 0.2) is 6.73 Å². The minimum Gasteiger partial charge on any atom is -0.452 e. The zero-order chi connectivity index (χ0) is 10.8. The molecule has 3 nitrogen and oxygen atoms in total. The predicted molar refractivity (Wildman–Crippen MR) is 56.0 cm³/mol. The molecule has 2 rings (SSSR count). The number of hydrogen-bond donors (Lipinski definition) is 0. The number of ether oxygens (including phenoxy) is 1. The molecule has 6 heteroatoms. The Morgan fingerprint density at radius 2 is 2.00 bits per heavy atom. The fourth-order valence-electron chi connectivity index (χ4n) is 1.16. The maximum Gasteiger partial charge on any atom is 0.314 e. The van der Waals surface area contributed by atoms with Crippen molar-refractivity contribution in [2.24, 2.45) is 5.10 Å². The lowest BCUT2D eigenvalue weighted by Crippen LogP contribution is -2.12. The van der Waals surface area contributed by atoms with E-state index in [1.165, 1.54) is 5.01 Å². The molecule has 0 amide bonds. The van der Waals surface area contributed by atoms with Crippen LogP contribution >= 0.6 is 15.9 Å². The largest absolute Gasteiger partial charge is 0.452 e. The van der Waals surface area contributed by atoms with Gasteiger partial charge in [0.25, 0.3) is 5.90 Å². The first-order valence-corrected chi connectivity index (χ1v) is 4.98. The number of alkyl halides is 2. The number of anilines is 1. The second kappa shape index (κ2) is 4.14. The number of hydrazone groups is 1. The van der Waals surface area contributed by atoms with Gasteiger partial charge in [0, 0.05) is 4.47 Å². The number of hydrogen-bond acceptors (Lipinski definition) is 3. The summed E-state index contributed by atoms with van der Waals surface area (Å²) < 4.78 is 30.1. The first kappa shape index (κ1) is 10.4. The van der Waals surface area contributed by atoms with Crippen molar-refractivity contribution >= 4 is 27.5 Å². The monoisotopic (exact) mass is 276 g/mol. The normalized spacial score (nSPS) is 15.5. The summed E-state index contributed by atoms with van der Waals surface area (Å²) in [7, 11) is 0. The maximum atomic E-state index is 12.2. The fraction of sp³-hybridized carbons (Fsp3) is 0.222. The molecular formula is C9H7BrF2N2O. The number of benzene rings is 1. The summed E-state index contributed by atoms with van der Waals surface area (Å²) >= 11 is 3.28. The highest BCUT2D eigenvalue weighted by Gasteiger charge is 2.24. The number of rotatable bonds is 2. The summed E-state index contributed by atoms with van der Waals surface area (Å²) in [6.45, 7) is 0.0291. The molecule has 15 heavy (non-hydrogen) atoms. The van der Waals surface area contributed by atoms with Crippen LogP contribution in [0.3, 0.4) is 0 Å². The molecule has 0 bridgehead atoms. The van der Waals surface area contributed by atoms with Crippen molar-refractivity contribution in [3.8, 4) is 0 Å². The smallest absolute Gasteiger partial charge is 0.314 e. The summed E-state index contributed by atoms with van der Waals surface area (Å²) in [6, 6.07) is 7.16. The Hall–Kier alpha value is -1.17. The van der Waals surface area contributed by atoms with E-state index in [9.17, 15) is 8.78 Å². The molecule has 0 N–H and O–H groups in total. The van der Waals surface area contributed by atoms with E-state index in [-0.39, 0.29) is 6.73 Å². The second-order valence-electron chi connectivity index (χ2n) is 2.89. The molecule has 1 aliphatic rings. The minimum atomic E-state index is -2.66. The van der Waals surface area contributed by atoms with Gasteiger partial charge in [-0.05, 0) is 24.3 Å². The maximum absolute atomic E-state index is 12.2. The Kier molecular flexibility index (Phi) is 2.86. The van der Waals surface area contributed by atoms with Gasteiger partial charge in [-0.25, -0.2) is 5.01 Å². The molecule has 0 saturated heterocycles. The summed E-state index contributed by atoms with van der Waals surface area (Å²) in [5, 5.41) is 5.03. The summed E-state index contributed by atoms with van der Waals surface area (Å²) in [5.74, 6) is -0.530. The van der Waals surface area contributed by atoms with E-state index in [0.717, 1.165) is 4.47 Å². The molecular weight excluding hydrogens is 270 g/mol. The van der Waals surface area contributed by atoms with E-state index in [0.29, 0.717) is 5.69 Å². The van der Waals surface area contributed by atoms with Crippen LogP contribution in [0.5, 0.6) is 0 Å². The standard InChI is InChI=1S/C9H7BrF2N2O/c10-6-1-3-7(4-2-6)14-5-15-9(13-14)8(11)12/h1-4,8H,5H2.